The number of nitrogens with one attached hydrogen (secondary N) is 1. The highest BCUT2D eigenvalue weighted by atomic mass is 79.9. The first-order valence-electron chi connectivity index (χ1n) is 3.68. The number of aromatic nitrogens is 3. The molecule has 2 aromatic rings. The van der Waals surface area contributed by atoms with Crippen molar-refractivity contribution in [2.24, 2.45) is 5.14 Å². The SMILES string of the molecule is NS(=O)(=O)c1nc(-c2ccc(Br)s2)n[nH]1. The van der Waals surface area contributed by atoms with Crippen LogP contribution in [0.25, 0.3) is 10.7 Å². The van der Waals surface area contributed by atoms with Crippen molar-refractivity contribution >= 4 is 37.3 Å². The Morgan fingerprint density at radius 2 is 2.20 bits per heavy atom. The molecular formula is C6H5BrN4O2S2. The van der Waals surface area contributed by atoms with Crippen molar-refractivity contribution in [3.63, 3.8) is 0 Å². The summed E-state index contributed by atoms with van der Waals surface area (Å²) in [7, 11) is -3.82. The molecule has 9 heteroatoms. The highest BCUT2D eigenvalue weighted by molar-refractivity contribution is 9.11. The van der Waals surface area contributed by atoms with Gasteiger partial charge in [-0.3, -0.25) is 0 Å². The van der Waals surface area contributed by atoms with E-state index in [1.165, 1.54) is 11.3 Å². The number of sulfonamides is 1. The molecule has 6 nitrogen and oxygen atoms in total. The van der Waals surface area contributed by atoms with Gasteiger partial charge in [0, 0.05) is 0 Å². The number of H-pyrrole nitrogens is 1. The summed E-state index contributed by atoms with van der Waals surface area (Å²) < 4.78 is 22.8. The van der Waals surface area contributed by atoms with E-state index < -0.39 is 10.0 Å². The van der Waals surface area contributed by atoms with Crippen LogP contribution >= 0.6 is 27.3 Å². The lowest BCUT2D eigenvalue weighted by atomic mass is 10.4. The quantitative estimate of drug-likeness (QED) is 0.862. The minimum atomic E-state index is -3.82. The van der Waals surface area contributed by atoms with Crippen LogP contribution in [-0.4, -0.2) is 23.6 Å². The van der Waals surface area contributed by atoms with Gasteiger partial charge < -0.3 is 0 Å². The maximum absolute atomic E-state index is 10.9. The maximum atomic E-state index is 10.9. The summed E-state index contributed by atoms with van der Waals surface area (Å²) in [5.74, 6) is 0.315. The van der Waals surface area contributed by atoms with E-state index in [1.807, 2.05) is 6.07 Å². The Hall–Kier alpha value is -0.770. The lowest BCUT2D eigenvalue weighted by molar-refractivity contribution is 0.589. The summed E-state index contributed by atoms with van der Waals surface area (Å²) in [6.07, 6.45) is 0. The predicted molar refractivity (Wildman–Crippen MR) is 58.8 cm³/mol. The first-order chi connectivity index (χ1) is 6.97. The second kappa shape index (κ2) is 3.67. The number of aromatic amines is 1. The van der Waals surface area contributed by atoms with Crippen LogP contribution in [0.3, 0.4) is 0 Å². The molecule has 0 fully saturated rings. The molecule has 2 aromatic heterocycles. The number of hydrogen-bond acceptors (Lipinski definition) is 5. The van der Waals surface area contributed by atoms with Crippen LogP contribution in [0.15, 0.2) is 21.1 Å². The van der Waals surface area contributed by atoms with Gasteiger partial charge >= 0.3 is 0 Å². The largest absolute Gasteiger partial charge is 0.273 e. The molecule has 15 heavy (non-hydrogen) atoms. The van der Waals surface area contributed by atoms with Gasteiger partial charge in [0.1, 0.15) is 0 Å². The van der Waals surface area contributed by atoms with Gasteiger partial charge in [0.05, 0.1) is 8.66 Å². The van der Waals surface area contributed by atoms with Crippen LogP contribution in [0.5, 0.6) is 0 Å². The second-order valence-corrected chi connectivity index (χ2v) is 6.55. The molecule has 0 aromatic carbocycles. The van der Waals surface area contributed by atoms with Crippen molar-refractivity contribution in [2.45, 2.75) is 5.16 Å². The molecular weight excluding hydrogens is 304 g/mol. The number of hydrogen-bond donors (Lipinski definition) is 2. The Bertz CT molecular complexity index is 588. The molecule has 0 saturated heterocycles. The van der Waals surface area contributed by atoms with E-state index in [1.54, 1.807) is 6.07 Å². The molecule has 0 aliphatic carbocycles. The van der Waals surface area contributed by atoms with Crippen LogP contribution in [-0.2, 0) is 10.0 Å². The smallest absolute Gasteiger partial charge is 0.248 e. The molecule has 3 N–H and O–H groups in total. The van der Waals surface area contributed by atoms with E-state index in [0.717, 1.165) is 8.66 Å². The van der Waals surface area contributed by atoms with Gasteiger partial charge in [-0.1, -0.05) is 0 Å². The lowest BCUT2D eigenvalue weighted by Gasteiger charge is -1.86. The first-order valence-corrected chi connectivity index (χ1v) is 6.83. The van der Waals surface area contributed by atoms with Gasteiger partial charge in [-0.05, 0) is 28.1 Å². The standard InChI is InChI=1S/C6H5BrN4O2S2/c7-4-2-1-3(14-4)5-9-6(11-10-5)15(8,12)13/h1-2H,(H2,8,12,13)(H,9,10,11). The van der Waals surface area contributed by atoms with E-state index in [4.69, 9.17) is 5.14 Å². The highest BCUT2D eigenvalue weighted by Crippen LogP contribution is 2.28. The van der Waals surface area contributed by atoms with Crippen molar-refractivity contribution in [1.82, 2.24) is 15.2 Å². The van der Waals surface area contributed by atoms with Gasteiger partial charge in [-0.25, -0.2) is 18.7 Å². The number of nitrogens with two attached hydrogens (primary N) is 1. The highest BCUT2D eigenvalue weighted by Gasteiger charge is 2.15. The summed E-state index contributed by atoms with van der Waals surface area (Å²) in [6, 6.07) is 3.61. The molecule has 80 valence electrons. The molecule has 0 unspecified atom stereocenters. The van der Waals surface area contributed by atoms with Crippen LogP contribution in [0.1, 0.15) is 0 Å². The van der Waals surface area contributed by atoms with Crippen molar-refractivity contribution in [2.75, 3.05) is 0 Å². The molecule has 0 atom stereocenters. The third-order valence-electron chi connectivity index (χ3n) is 1.53. The summed E-state index contributed by atoms with van der Waals surface area (Å²) in [4.78, 5) is 4.53. The van der Waals surface area contributed by atoms with Crippen molar-refractivity contribution in [3.8, 4) is 10.7 Å². The second-order valence-electron chi connectivity index (χ2n) is 2.61. The van der Waals surface area contributed by atoms with Crippen LogP contribution in [0.4, 0.5) is 0 Å². The Kier molecular flexibility index (Phi) is 2.63. The fourth-order valence-electron chi connectivity index (χ4n) is 0.919. The van der Waals surface area contributed by atoms with Crippen molar-refractivity contribution in [3.05, 3.63) is 15.9 Å². The molecule has 0 saturated carbocycles. The van der Waals surface area contributed by atoms with Gasteiger partial charge in [-0.15, -0.1) is 11.3 Å². The van der Waals surface area contributed by atoms with E-state index in [-0.39, 0.29) is 5.16 Å². The molecule has 0 aliphatic heterocycles. The number of halogens is 1. The number of rotatable bonds is 2. The Labute approximate surface area is 97.7 Å². The summed E-state index contributed by atoms with van der Waals surface area (Å²) >= 11 is 4.69. The van der Waals surface area contributed by atoms with Gasteiger partial charge in [-0.2, -0.15) is 10.1 Å². The first kappa shape index (κ1) is 10.7. The molecule has 0 aliphatic rings. The Morgan fingerprint density at radius 3 is 2.67 bits per heavy atom. The topological polar surface area (TPSA) is 102 Å². The van der Waals surface area contributed by atoms with Crippen molar-refractivity contribution in [1.29, 1.82) is 0 Å². The van der Waals surface area contributed by atoms with Crippen LogP contribution in [0, 0.1) is 0 Å². The molecule has 0 bridgehead atoms. The monoisotopic (exact) mass is 308 g/mol. The maximum Gasteiger partial charge on any atom is 0.273 e. The molecule has 0 radical (unpaired) electrons. The average Bonchev–Trinajstić information content (AvgIpc) is 2.69. The number of primary sulfonamides is 1. The predicted octanol–water partition coefficient (Wildman–Crippen LogP) is 0.943. The summed E-state index contributed by atoms with van der Waals surface area (Å²) in [6.45, 7) is 0. The number of nitrogens with zero attached hydrogens (tertiary/aromatic N) is 2. The Balaban J connectivity index is 2.44. The summed E-state index contributed by atoms with van der Waals surface area (Å²) in [5.41, 5.74) is 0. The van der Waals surface area contributed by atoms with Crippen molar-refractivity contribution < 1.29 is 8.42 Å². The van der Waals surface area contributed by atoms with Gasteiger partial charge in [0.15, 0.2) is 5.82 Å². The molecule has 0 spiro atoms. The Morgan fingerprint density at radius 1 is 1.47 bits per heavy atom. The third-order valence-corrected chi connectivity index (χ3v) is 3.87. The van der Waals surface area contributed by atoms with Gasteiger partial charge in [0.25, 0.3) is 15.2 Å². The van der Waals surface area contributed by atoms with Gasteiger partial charge in [0.2, 0.25) is 0 Å². The third kappa shape index (κ3) is 2.25. The van der Waals surface area contributed by atoms with E-state index in [0.29, 0.717) is 5.82 Å². The van der Waals surface area contributed by atoms with E-state index in [2.05, 4.69) is 31.1 Å². The molecule has 2 rings (SSSR count). The lowest BCUT2D eigenvalue weighted by Crippen LogP contribution is -2.13. The minimum Gasteiger partial charge on any atom is -0.248 e. The van der Waals surface area contributed by atoms with Crippen LogP contribution < -0.4 is 5.14 Å². The normalized spacial score (nSPS) is 11.9. The van der Waals surface area contributed by atoms with E-state index in [9.17, 15) is 8.42 Å². The fourth-order valence-corrected chi connectivity index (χ4v) is 2.63. The van der Waals surface area contributed by atoms with E-state index >= 15 is 0 Å². The minimum absolute atomic E-state index is 0.315. The average molecular weight is 309 g/mol. The zero-order valence-corrected chi connectivity index (χ0v) is 10.4. The summed E-state index contributed by atoms with van der Waals surface area (Å²) in [5, 5.41) is 10.6. The zero-order valence-electron chi connectivity index (χ0n) is 7.14. The molecule has 2 heterocycles. The zero-order chi connectivity index (χ0) is 11.1. The number of thiophene rings is 1. The fraction of sp³-hybridized carbons (Fsp3) is 0. The molecule has 0 amide bonds. The van der Waals surface area contributed by atoms with Crippen LogP contribution in [0.2, 0.25) is 0 Å².